The van der Waals surface area contributed by atoms with Crippen molar-refractivity contribution < 1.29 is 0 Å². The van der Waals surface area contributed by atoms with Crippen molar-refractivity contribution in [2.75, 3.05) is 6.54 Å². The lowest BCUT2D eigenvalue weighted by molar-refractivity contribution is 0.139. The quantitative estimate of drug-likeness (QED) is 0.927. The third-order valence-corrected chi connectivity index (χ3v) is 4.94. The Morgan fingerprint density at radius 3 is 2.70 bits per heavy atom. The van der Waals surface area contributed by atoms with E-state index in [9.17, 15) is 0 Å². The molecule has 1 fully saturated rings. The second-order valence-electron chi connectivity index (χ2n) is 6.33. The maximum Gasteiger partial charge on any atom is 0.110 e. The molecule has 3 nitrogen and oxygen atoms in total. The van der Waals surface area contributed by atoms with Crippen LogP contribution in [0.15, 0.2) is 18.2 Å². The van der Waals surface area contributed by atoms with Gasteiger partial charge in [0.2, 0.25) is 0 Å². The summed E-state index contributed by atoms with van der Waals surface area (Å²) < 4.78 is 2.29. The lowest BCUT2D eigenvalue weighted by atomic mass is 9.66. The van der Waals surface area contributed by atoms with E-state index in [1.807, 2.05) is 18.2 Å². The predicted octanol–water partition coefficient (Wildman–Crippen LogP) is 3.94. The van der Waals surface area contributed by atoms with Gasteiger partial charge >= 0.3 is 0 Å². The van der Waals surface area contributed by atoms with Crippen LogP contribution in [0.5, 0.6) is 0 Å². The Kier molecular flexibility index (Phi) is 3.51. The fourth-order valence-electron chi connectivity index (χ4n) is 3.30. The molecule has 0 unspecified atom stereocenters. The first kappa shape index (κ1) is 13.9. The molecule has 0 saturated heterocycles. The second-order valence-corrected chi connectivity index (χ2v) is 6.74. The Morgan fingerprint density at radius 2 is 2.15 bits per heavy atom. The fourth-order valence-corrected chi connectivity index (χ4v) is 3.56. The molecule has 1 aliphatic rings. The molecule has 0 radical (unpaired) electrons. The van der Waals surface area contributed by atoms with Crippen LogP contribution in [-0.2, 0) is 6.42 Å². The van der Waals surface area contributed by atoms with E-state index < -0.39 is 0 Å². The van der Waals surface area contributed by atoms with Crippen molar-refractivity contribution >= 4 is 22.6 Å². The molecule has 0 spiro atoms. The van der Waals surface area contributed by atoms with E-state index in [4.69, 9.17) is 22.3 Å². The van der Waals surface area contributed by atoms with Crippen LogP contribution in [0.25, 0.3) is 11.0 Å². The van der Waals surface area contributed by atoms with E-state index >= 15 is 0 Å². The number of para-hydroxylation sites is 1. The largest absolute Gasteiger partial charge is 0.330 e. The monoisotopic (exact) mass is 291 g/mol. The highest BCUT2D eigenvalue weighted by Gasteiger charge is 2.37. The Labute approximate surface area is 125 Å². The number of halogens is 1. The van der Waals surface area contributed by atoms with Crippen LogP contribution in [0.3, 0.4) is 0 Å². The van der Waals surface area contributed by atoms with Crippen LogP contribution in [0, 0.1) is 5.41 Å². The highest BCUT2D eigenvalue weighted by Crippen LogP contribution is 2.43. The maximum atomic E-state index is 6.39. The summed E-state index contributed by atoms with van der Waals surface area (Å²) in [6, 6.07) is 6.30. The van der Waals surface area contributed by atoms with Gasteiger partial charge in [0.05, 0.1) is 16.1 Å². The van der Waals surface area contributed by atoms with E-state index in [0.717, 1.165) is 34.8 Å². The Bertz CT molecular complexity index is 620. The van der Waals surface area contributed by atoms with E-state index in [0.29, 0.717) is 6.04 Å². The van der Waals surface area contributed by atoms with Gasteiger partial charge in [-0.3, -0.25) is 0 Å². The first-order chi connectivity index (χ1) is 9.56. The van der Waals surface area contributed by atoms with Gasteiger partial charge in [-0.05, 0) is 50.8 Å². The number of imidazole rings is 1. The van der Waals surface area contributed by atoms with Crippen LogP contribution < -0.4 is 5.73 Å². The van der Waals surface area contributed by atoms with Gasteiger partial charge in [0.15, 0.2) is 0 Å². The van der Waals surface area contributed by atoms with Crippen LogP contribution in [-0.4, -0.2) is 16.1 Å². The van der Waals surface area contributed by atoms with Crippen molar-refractivity contribution in [1.82, 2.24) is 9.55 Å². The molecular formula is C16H22ClN3. The zero-order valence-electron chi connectivity index (χ0n) is 12.2. The lowest BCUT2D eigenvalue weighted by Crippen LogP contribution is -2.40. The van der Waals surface area contributed by atoms with E-state index in [1.54, 1.807) is 0 Å². The Morgan fingerprint density at radius 1 is 1.40 bits per heavy atom. The molecule has 3 rings (SSSR count). The van der Waals surface area contributed by atoms with Crippen molar-refractivity contribution in [3.8, 4) is 0 Å². The topological polar surface area (TPSA) is 43.8 Å². The molecule has 1 heterocycles. The Balaban J connectivity index is 2.10. The normalized spacial score (nSPS) is 17.6. The summed E-state index contributed by atoms with van der Waals surface area (Å²) in [7, 11) is 0. The van der Waals surface area contributed by atoms with E-state index in [1.165, 1.54) is 19.3 Å². The summed E-state index contributed by atoms with van der Waals surface area (Å²) >= 11 is 6.39. The fraction of sp³-hybridized carbons (Fsp3) is 0.562. The molecule has 108 valence electrons. The molecule has 4 heteroatoms. The predicted molar refractivity (Wildman–Crippen MR) is 84.2 cm³/mol. The van der Waals surface area contributed by atoms with Crippen molar-refractivity contribution in [2.24, 2.45) is 11.1 Å². The molecule has 2 N–H and O–H groups in total. The van der Waals surface area contributed by atoms with Crippen LogP contribution in [0.1, 0.15) is 45.0 Å². The average Bonchev–Trinajstić information content (AvgIpc) is 2.73. The van der Waals surface area contributed by atoms with Gasteiger partial charge in [-0.15, -0.1) is 0 Å². The number of rotatable bonds is 4. The summed E-state index contributed by atoms with van der Waals surface area (Å²) in [6.07, 6.45) is 4.70. The smallest absolute Gasteiger partial charge is 0.110 e. The summed E-state index contributed by atoms with van der Waals surface area (Å²) in [4.78, 5) is 4.83. The minimum Gasteiger partial charge on any atom is -0.330 e. The van der Waals surface area contributed by atoms with Gasteiger partial charge in [-0.1, -0.05) is 24.1 Å². The molecule has 1 aromatic carbocycles. The molecular weight excluding hydrogens is 270 g/mol. The number of nitrogens with two attached hydrogens (primary N) is 1. The molecule has 0 atom stereocenters. The van der Waals surface area contributed by atoms with Crippen LogP contribution in [0.2, 0.25) is 5.02 Å². The number of aromatic nitrogens is 2. The highest BCUT2D eigenvalue weighted by atomic mass is 35.5. The van der Waals surface area contributed by atoms with Gasteiger partial charge in [0.25, 0.3) is 0 Å². The Hall–Kier alpha value is -1.06. The SMILES string of the molecule is CC(C)n1c(CC2(CN)CCC2)nc2cccc(Cl)c21. The average molecular weight is 292 g/mol. The van der Waals surface area contributed by atoms with Crippen molar-refractivity contribution in [3.63, 3.8) is 0 Å². The van der Waals surface area contributed by atoms with Gasteiger partial charge < -0.3 is 10.3 Å². The molecule has 0 bridgehead atoms. The number of fused-ring (bicyclic) bond motifs is 1. The second kappa shape index (κ2) is 5.05. The molecule has 1 saturated carbocycles. The number of hydrogen-bond donors (Lipinski definition) is 1. The van der Waals surface area contributed by atoms with E-state index in [2.05, 4.69) is 18.4 Å². The minimum absolute atomic E-state index is 0.264. The first-order valence-corrected chi connectivity index (χ1v) is 7.79. The minimum atomic E-state index is 0.264. The lowest BCUT2D eigenvalue weighted by Gasteiger charge is -2.41. The van der Waals surface area contributed by atoms with Crippen molar-refractivity contribution in [2.45, 2.75) is 45.6 Å². The summed E-state index contributed by atoms with van der Waals surface area (Å²) in [6.45, 7) is 5.12. The molecule has 1 aliphatic carbocycles. The number of nitrogens with zero attached hydrogens (tertiary/aromatic N) is 2. The molecule has 0 aliphatic heterocycles. The number of hydrogen-bond acceptors (Lipinski definition) is 2. The van der Waals surface area contributed by atoms with Crippen molar-refractivity contribution in [1.29, 1.82) is 0 Å². The standard InChI is InChI=1S/C16H22ClN3/c1-11(2)20-14(9-16(10-18)7-4-8-16)19-13-6-3-5-12(17)15(13)20/h3,5-6,11H,4,7-10,18H2,1-2H3. The van der Waals surface area contributed by atoms with E-state index in [-0.39, 0.29) is 5.41 Å². The van der Waals surface area contributed by atoms with Crippen LogP contribution >= 0.6 is 11.6 Å². The number of benzene rings is 1. The van der Waals surface area contributed by atoms with Gasteiger partial charge in [0, 0.05) is 12.5 Å². The molecule has 0 amide bonds. The van der Waals surface area contributed by atoms with Gasteiger partial charge in [-0.2, -0.15) is 0 Å². The first-order valence-electron chi connectivity index (χ1n) is 7.42. The van der Waals surface area contributed by atoms with Crippen LogP contribution in [0.4, 0.5) is 0 Å². The molecule has 1 aromatic heterocycles. The highest BCUT2D eigenvalue weighted by molar-refractivity contribution is 6.35. The summed E-state index contributed by atoms with van der Waals surface area (Å²) in [5.74, 6) is 1.13. The van der Waals surface area contributed by atoms with Gasteiger partial charge in [-0.25, -0.2) is 4.98 Å². The molecule has 2 aromatic rings. The zero-order valence-corrected chi connectivity index (χ0v) is 13.0. The third-order valence-electron chi connectivity index (χ3n) is 4.63. The maximum absolute atomic E-state index is 6.39. The summed E-state index contributed by atoms with van der Waals surface area (Å²) in [5, 5.41) is 0.783. The van der Waals surface area contributed by atoms with Gasteiger partial charge in [0.1, 0.15) is 5.82 Å². The van der Waals surface area contributed by atoms with Crippen molar-refractivity contribution in [3.05, 3.63) is 29.0 Å². The zero-order chi connectivity index (χ0) is 14.3. The summed E-state index contributed by atoms with van der Waals surface area (Å²) in [5.41, 5.74) is 8.32. The third kappa shape index (κ3) is 2.13. The molecule has 20 heavy (non-hydrogen) atoms.